The third-order valence-electron chi connectivity index (χ3n) is 5.60. The fraction of sp³-hybridized carbons (Fsp3) is 0.364. The van der Waals surface area contributed by atoms with Gasteiger partial charge in [0.2, 0.25) is 0 Å². The van der Waals surface area contributed by atoms with Crippen LogP contribution in [0.5, 0.6) is 0 Å². The minimum absolute atomic E-state index is 0.572. The lowest BCUT2D eigenvalue weighted by atomic mass is 10.1. The average molecular weight is 453 g/mol. The molecule has 31 heavy (non-hydrogen) atoms. The van der Waals surface area contributed by atoms with Gasteiger partial charge in [-0.3, -0.25) is 4.57 Å². The second-order valence-corrected chi connectivity index (χ2v) is 9.68. The van der Waals surface area contributed by atoms with Crippen LogP contribution in [0.25, 0.3) is 21.6 Å². The Kier molecular flexibility index (Phi) is 5.54. The van der Waals surface area contributed by atoms with Gasteiger partial charge in [-0.15, -0.1) is 28.1 Å². The van der Waals surface area contributed by atoms with Crippen LogP contribution < -0.4 is 5.73 Å². The van der Waals surface area contributed by atoms with Crippen molar-refractivity contribution in [1.29, 1.82) is 0 Å². The molecule has 4 aromatic heterocycles. The fourth-order valence-electron chi connectivity index (χ4n) is 4.11. The molecule has 4 aromatic rings. The van der Waals surface area contributed by atoms with Gasteiger partial charge in [0.15, 0.2) is 11.0 Å². The smallest absolute Gasteiger partial charge is 0.192 e. The Morgan fingerprint density at radius 2 is 2.13 bits per heavy atom. The Bertz CT molecular complexity index is 1250. The van der Waals surface area contributed by atoms with E-state index in [0.29, 0.717) is 18.1 Å². The molecule has 0 aliphatic heterocycles. The molecule has 1 aliphatic rings. The van der Waals surface area contributed by atoms with Crippen LogP contribution in [0.1, 0.15) is 41.3 Å². The molecular formula is C22H24N6OS2. The van der Waals surface area contributed by atoms with E-state index < -0.39 is 0 Å². The maximum atomic E-state index is 6.40. The van der Waals surface area contributed by atoms with Crippen LogP contribution in [-0.2, 0) is 25.1 Å². The quantitative estimate of drug-likeness (QED) is 0.245. The highest BCUT2D eigenvalue weighted by molar-refractivity contribution is 7.98. The van der Waals surface area contributed by atoms with Crippen LogP contribution in [-0.4, -0.2) is 24.7 Å². The van der Waals surface area contributed by atoms with Crippen molar-refractivity contribution < 1.29 is 4.42 Å². The molecule has 0 fully saturated rings. The van der Waals surface area contributed by atoms with E-state index in [1.165, 1.54) is 29.7 Å². The number of aryl methyl sites for hydroxylation is 3. The Balaban J connectivity index is 1.43. The van der Waals surface area contributed by atoms with E-state index in [-0.39, 0.29) is 0 Å². The van der Waals surface area contributed by atoms with Gasteiger partial charge in [0.25, 0.3) is 0 Å². The number of hydrogen-bond acceptors (Lipinski definition) is 8. The predicted octanol–water partition coefficient (Wildman–Crippen LogP) is 5.18. The first kappa shape index (κ1) is 20.3. The highest BCUT2D eigenvalue weighted by Crippen LogP contribution is 2.37. The highest BCUT2D eigenvalue weighted by atomic mass is 32.2. The minimum Gasteiger partial charge on any atom is -0.469 e. The van der Waals surface area contributed by atoms with Crippen molar-refractivity contribution in [2.24, 2.45) is 0 Å². The molecule has 0 unspecified atom stereocenters. The number of allylic oxidation sites excluding steroid dienone is 1. The third kappa shape index (κ3) is 3.76. The van der Waals surface area contributed by atoms with Gasteiger partial charge in [0.05, 0.1) is 23.0 Å². The molecule has 0 atom stereocenters. The number of thioether (sulfide) groups is 1. The standard InChI is InChI=1S/C22H24N6OS2/c1-3-10-28-20(14-9-11-29-13(14)2)26-27-22(28)30-12-17-24-19(23)18-15-7-5-4-6-8-16(15)31-21(18)25-17/h3,9,11H,1,4-8,10,12H2,2H3,(H2,23,24,25). The molecule has 0 bridgehead atoms. The van der Waals surface area contributed by atoms with Crippen molar-refractivity contribution in [3.8, 4) is 11.4 Å². The molecule has 0 amide bonds. The van der Waals surface area contributed by atoms with Gasteiger partial charge in [-0.25, -0.2) is 9.97 Å². The summed E-state index contributed by atoms with van der Waals surface area (Å²) in [5, 5.41) is 10.7. The van der Waals surface area contributed by atoms with E-state index in [0.717, 1.165) is 51.2 Å². The number of furan rings is 1. The zero-order valence-corrected chi connectivity index (χ0v) is 19.1. The lowest BCUT2D eigenvalue weighted by molar-refractivity contribution is 0.534. The molecule has 1 aliphatic carbocycles. The summed E-state index contributed by atoms with van der Waals surface area (Å²) in [6.07, 6.45) is 9.45. The normalized spacial score (nSPS) is 14.0. The first-order valence-electron chi connectivity index (χ1n) is 10.4. The lowest BCUT2D eigenvalue weighted by Gasteiger charge is -2.07. The number of nitrogen functional groups attached to an aromatic ring is 1. The van der Waals surface area contributed by atoms with E-state index in [1.54, 1.807) is 29.4 Å². The van der Waals surface area contributed by atoms with Crippen LogP contribution in [0, 0.1) is 6.92 Å². The molecule has 0 saturated heterocycles. The molecule has 5 rings (SSSR count). The Morgan fingerprint density at radius 3 is 2.94 bits per heavy atom. The number of anilines is 1. The van der Waals surface area contributed by atoms with Gasteiger partial charge in [-0.05, 0) is 44.2 Å². The van der Waals surface area contributed by atoms with Gasteiger partial charge in [0.1, 0.15) is 22.2 Å². The van der Waals surface area contributed by atoms with Crippen LogP contribution in [0.2, 0.25) is 0 Å². The fourth-order valence-corrected chi connectivity index (χ4v) is 6.20. The molecule has 0 radical (unpaired) electrons. The lowest BCUT2D eigenvalue weighted by Crippen LogP contribution is -2.03. The van der Waals surface area contributed by atoms with Crippen molar-refractivity contribution in [2.75, 3.05) is 5.73 Å². The SMILES string of the molecule is C=CCn1c(SCc2nc(N)c3c4c(sc3n2)CCCCC4)nnc1-c1ccoc1C. The van der Waals surface area contributed by atoms with Gasteiger partial charge in [-0.2, -0.15) is 0 Å². The second kappa shape index (κ2) is 8.47. The number of hydrogen-bond donors (Lipinski definition) is 1. The minimum atomic E-state index is 0.572. The van der Waals surface area contributed by atoms with Crippen LogP contribution in [0.3, 0.4) is 0 Å². The van der Waals surface area contributed by atoms with E-state index >= 15 is 0 Å². The predicted molar refractivity (Wildman–Crippen MR) is 125 cm³/mol. The van der Waals surface area contributed by atoms with Crippen LogP contribution >= 0.6 is 23.1 Å². The summed E-state index contributed by atoms with van der Waals surface area (Å²) in [6.45, 7) is 6.40. The third-order valence-corrected chi connectivity index (χ3v) is 7.75. The van der Waals surface area contributed by atoms with E-state index in [9.17, 15) is 0 Å². The van der Waals surface area contributed by atoms with Crippen LogP contribution in [0.15, 0.2) is 34.6 Å². The van der Waals surface area contributed by atoms with Gasteiger partial charge in [-0.1, -0.05) is 24.3 Å². The number of rotatable bonds is 6. The number of nitrogens with two attached hydrogens (primary N) is 1. The van der Waals surface area contributed by atoms with E-state index in [2.05, 4.69) is 21.8 Å². The van der Waals surface area contributed by atoms with Crippen molar-refractivity contribution in [1.82, 2.24) is 24.7 Å². The molecule has 2 N–H and O–H groups in total. The Morgan fingerprint density at radius 1 is 1.26 bits per heavy atom. The Hall–Kier alpha value is -2.65. The summed E-state index contributed by atoms with van der Waals surface area (Å²) in [5.74, 6) is 3.48. The first-order chi connectivity index (χ1) is 15.2. The number of thiophene rings is 1. The van der Waals surface area contributed by atoms with E-state index in [4.69, 9.17) is 15.1 Å². The monoisotopic (exact) mass is 452 g/mol. The summed E-state index contributed by atoms with van der Waals surface area (Å²) in [6, 6.07) is 1.91. The molecule has 160 valence electrons. The van der Waals surface area contributed by atoms with Crippen LogP contribution in [0.4, 0.5) is 5.82 Å². The molecule has 4 heterocycles. The number of aromatic nitrogens is 5. The van der Waals surface area contributed by atoms with Gasteiger partial charge >= 0.3 is 0 Å². The topological polar surface area (TPSA) is 95.7 Å². The summed E-state index contributed by atoms with van der Waals surface area (Å²) < 4.78 is 7.47. The molecule has 9 heteroatoms. The summed E-state index contributed by atoms with van der Waals surface area (Å²) in [4.78, 5) is 11.9. The maximum Gasteiger partial charge on any atom is 0.192 e. The summed E-state index contributed by atoms with van der Waals surface area (Å²) in [5.41, 5.74) is 8.71. The van der Waals surface area contributed by atoms with Crippen molar-refractivity contribution in [2.45, 2.75) is 56.5 Å². The van der Waals surface area contributed by atoms with Gasteiger partial charge in [0, 0.05) is 11.4 Å². The summed E-state index contributed by atoms with van der Waals surface area (Å²) in [7, 11) is 0. The average Bonchev–Trinajstić information content (AvgIpc) is 3.40. The molecule has 0 saturated carbocycles. The largest absolute Gasteiger partial charge is 0.469 e. The molecular weight excluding hydrogens is 428 g/mol. The van der Waals surface area contributed by atoms with Crippen molar-refractivity contribution in [3.05, 3.63) is 47.0 Å². The highest BCUT2D eigenvalue weighted by Gasteiger charge is 2.20. The first-order valence-corrected chi connectivity index (χ1v) is 12.2. The maximum absolute atomic E-state index is 6.40. The molecule has 7 nitrogen and oxygen atoms in total. The summed E-state index contributed by atoms with van der Waals surface area (Å²) >= 11 is 3.34. The van der Waals surface area contributed by atoms with Gasteiger partial charge < -0.3 is 10.2 Å². The molecule has 0 aromatic carbocycles. The second-order valence-electron chi connectivity index (χ2n) is 7.65. The zero-order valence-electron chi connectivity index (χ0n) is 17.4. The van der Waals surface area contributed by atoms with Crippen molar-refractivity contribution >= 4 is 39.1 Å². The molecule has 0 spiro atoms. The van der Waals surface area contributed by atoms with E-state index in [1.807, 2.05) is 23.6 Å². The number of nitrogens with zero attached hydrogens (tertiary/aromatic N) is 5. The van der Waals surface area contributed by atoms with Crippen molar-refractivity contribution in [3.63, 3.8) is 0 Å². The number of fused-ring (bicyclic) bond motifs is 3. The Labute approximate surface area is 188 Å². The zero-order chi connectivity index (χ0) is 21.4.